The third kappa shape index (κ3) is 10.7. The molecule has 0 saturated carbocycles. The molecular formula is C36H66N2O9. The molecular weight excluding hydrogens is 604 g/mol. The Morgan fingerprint density at radius 2 is 1.11 bits per heavy atom. The average Bonchev–Trinajstić information content (AvgIpc) is 2.99. The lowest BCUT2D eigenvalue weighted by atomic mass is 9.77. The van der Waals surface area contributed by atoms with Crippen molar-refractivity contribution in [3.8, 4) is 0 Å². The summed E-state index contributed by atoms with van der Waals surface area (Å²) in [5.41, 5.74) is 0. The molecule has 3 heterocycles. The lowest BCUT2D eigenvalue weighted by Crippen LogP contribution is -2.56. The summed E-state index contributed by atoms with van der Waals surface area (Å²) in [5, 5.41) is 5.14. The predicted molar refractivity (Wildman–Crippen MR) is 179 cm³/mol. The molecule has 15 atom stereocenters. The van der Waals surface area contributed by atoms with Gasteiger partial charge in [0.2, 0.25) is 5.91 Å². The van der Waals surface area contributed by atoms with Gasteiger partial charge in [0.15, 0.2) is 25.0 Å². The molecule has 11 nitrogen and oxygen atoms in total. The van der Waals surface area contributed by atoms with Gasteiger partial charge in [-0.25, -0.2) is 4.79 Å². The summed E-state index contributed by atoms with van der Waals surface area (Å²) >= 11 is 0. The van der Waals surface area contributed by atoms with E-state index in [4.69, 9.17) is 33.2 Å². The van der Waals surface area contributed by atoms with Gasteiger partial charge in [-0.15, -0.1) is 0 Å². The van der Waals surface area contributed by atoms with E-state index < -0.39 is 18.5 Å². The maximum atomic E-state index is 12.8. The van der Waals surface area contributed by atoms with Crippen LogP contribution in [0.15, 0.2) is 0 Å². The molecule has 0 aliphatic carbocycles. The van der Waals surface area contributed by atoms with Gasteiger partial charge in [0, 0.05) is 24.7 Å². The lowest BCUT2D eigenvalue weighted by Gasteiger charge is -2.47. The first kappa shape index (κ1) is 39.9. The summed E-state index contributed by atoms with van der Waals surface area (Å²) < 4.78 is 44.6. The van der Waals surface area contributed by atoms with Crippen molar-refractivity contribution < 1.29 is 42.7 Å². The molecule has 274 valence electrons. The van der Waals surface area contributed by atoms with Crippen LogP contribution in [0.4, 0.5) is 4.79 Å². The average molecular weight is 671 g/mol. The van der Waals surface area contributed by atoms with E-state index in [0.717, 1.165) is 6.42 Å². The highest BCUT2D eigenvalue weighted by Gasteiger charge is 2.47. The number of rotatable bonds is 13. The lowest BCUT2D eigenvalue weighted by molar-refractivity contribution is -0.315. The van der Waals surface area contributed by atoms with Gasteiger partial charge in [-0.3, -0.25) is 4.79 Å². The molecule has 3 fully saturated rings. The molecule has 0 bridgehead atoms. The van der Waals surface area contributed by atoms with Crippen LogP contribution in [0, 0.1) is 53.3 Å². The second-order valence-electron chi connectivity index (χ2n) is 15.4. The normalized spacial score (nSPS) is 41.1. The fraction of sp³-hybridized carbons (Fsp3) is 0.944. The Morgan fingerprint density at radius 1 is 0.617 bits per heavy atom. The number of carbonyl (C=O) groups is 2. The zero-order chi connectivity index (χ0) is 35.2. The van der Waals surface area contributed by atoms with E-state index in [2.05, 4.69) is 72.9 Å². The Labute approximate surface area is 284 Å². The van der Waals surface area contributed by atoms with Crippen LogP contribution in [0.2, 0.25) is 0 Å². The van der Waals surface area contributed by atoms with Gasteiger partial charge in [-0.1, -0.05) is 69.2 Å². The van der Waals surface area contributed by atoms with Crippen molar-refractivity contribution in [1.29, 1.82) is 0 Å². The molecule has 6 unspecified atom stereocenters. The first-order chi connectivity index (χ1) is 22.0. The fourth-order valence-corrected chi connectivity index (χ4v) is 7.04. The van der Waals surface area contributed by atoms with Crippen LogP contribution in [0.3, 0.4) is 0 Å². The standard InChI is InChI=1S/C36H66N2O9/c1-18(2)14-29-22(7)20(5)26(11)33(44-29)41-15-31-24(9)25(10)32(47-36(40)38-17-37-28(13)39)35(46-31)42-16-30-23(8)21(6)27(12)34(45-30)43-19(3)4/h18-27,29-35H,14-17H2,1-13H3,(H,37,39)(H,38,40)/t20-,21-,22+,23+,24+,25-,26?,27?,29?,30?,31?,32?,33+,34+,35+/m0/s1. The summed E-state index contributed by atoms with van der Waals surface area (Å²) in [5.74, 6) is 2.08. The molecule has 0 spiro atoms. The van der Waals surface area contributed by atoms with Crippen molar-refractivity contribution >= 4 is 12.0 Å². The minimum absolute atomic E-state index is 0.0146. The summed E-state index contributed by atoms with van der Waals surface area (Å²) in [6.45, 7) is 27.8. The number of hydrogen-bond acceptors (Lipinski definition) is 9. The summed E-state index contributed by atoms with van der Waals surface area (Å²) in [4.78, 5) is 24.1. The summed E-state index contributed by atoms with van der Waals surface area (Å²) in [6, 6.07) is 0. The number of nitrogens with one attached hydrogen (secondary N) is 2. The molecule has 3 aliphatic heterocycles. The Hall–Kier alpha value is -1.50. The van der Waals surface area contributed by atoms with Gasteiger partial charge in [-0.2, -0.15) is 0 Å². The molecule has 3 aliphatic rings. The molecule has 0 aromatic carbocycles. The summed E-state index contributed by atoms with van der Waals surface area (Å²) in [7, 11) is 0. The Kier molecular flexibility index (Phi) is 15.2. The van der Waals surface area contributed by atoms with Crippen LogP contribution in [-0.2, 0) is 38.0 Å². The molecule has 3 saturated heterocycles. The first-order valence-electron chi connectivity index (χ1n) is 18.1. The van der Waals surface area contributed by atoms with Crippen molar-refractivity contribution in [2.24, 2.45) is 53.3 Å². The highest BCUT2D eigenvalue weighted by molar-refractivity contribution is 5.73. The highest BCUT2D eigenvalue weighted by Crippen LogP contribution is 2.40. The second-order valence-corrected chi connectivity index (χ2v) is 15.4. The zero-order valence-electron chi connectivity index (χ0n) is 31.3. The minimum Gasteiger partial charge on any atom is -0.440 e. The largest absolute Gasteiger partial charge is 0.440 e. The van der Waals surface area contributed by atoms with E-state index in [1.54, 1.807) is 0 Å². The van der Waals surface area contributed by atoms with E-state index in [0.29, 0.717) is 30.3 Å². The maximum absolute atomic E-state index is 12.8. The Bertz CT molecular complexity index is 982. The molecule has 0 aromatic rings. The molecule has 0 radical (unpaired) electrons. The van der Waals surface area contributed by atoms with E-state index in [-0.39, 0.29) is 85.8 Å². The SMILES string of the molecule is CC(=O)NCNC(=O)OC1[C@H](OCC2O[C@@H](OC(C)C)C(C)[C@@H](C)[C@H]2C)OC(CO[C@@H]2OC(CC(C)C)[C@H](C)[C@H](C)C2C)[C@H](C)[C@@H]1C. The van der Waals surface area contributed by atoms with Crippen molar-refractivity contribution in [2.45, 2.75) is 146 Å². The second kappa shape index (κ2) is 17.9. The van der Waals surface area contributed by atoms with Gasteiger partial charge >= 0.3 is 6.09 Å². The molecule has 3 rings (SSSR count). The maximum Gasteiger partial charge on any atom is 0.408 e. The van der Waals surface area contributed by atoms with Crippen molar-refractivity contribution in [3.05, 3.63) is 0 Å². The van der Waals surface area contributed by atoms with Gasteiger partial charge in [0.05, 0.1) is 44.3 Å². The monoisotopic (exact) mass is 670 g/mol. The van der Waals surface area contributed by atoms with Crippen LogP contribution < -0.4 is 10.6 Å². The third-order valence-corrected chi connectivity index (χ3v) is 11.3. The number of amides is 2. The number of carbonyl (C=O) groups excluding carboxylic acids is 2. The quantitative estimate of drug-likeness (QED) is 0.229. The topological polar surface area (TPSA) is 123 Å². The van der Waals surface area contributed by atoms with E-state index in [1.807, 2.05) is 20.8 Å². The van der Waals surface area contributed by atoms with Crippen LogP contribution in [0.5, 0.6) is 0 Å². The van der Waals surface area contributed by atoms with Gasteiger partial charge in [-0.05, 0) is 55.8 Å². The van der Waals surface area contributed by atoms with Gasteiger partial charge < -0.3 is 43.8 Å². The van der Waals surface area contributed by atoms with Gasteiger partial charge in [0.25, 0.3) is 0 Å². The minimum atomic E-state index is -0.853. The molecule has 0 aromatic heterocycles. The Balaban J connectivity index is 1.74. The fourth-order valence-electron chi connectivity index (χ4n) is 7.04. The summed E-state index contributed by atoms with van der Waals surface area (Å²) in [6.07, 6.45) is -2.25. The smallest absolute Gasteiger partial charge is 0.408 e. The molecule has 11 heteroatoms. The predicted octanol–water partition coefficient (Wildman–Crippen LogP) is 5.94. The van der Waals surface area contributed by atoms with Crippen LogP contribution >= 0.6 is 0 Å². The van der Waals surface area contributed by atoms with Crippen LogP contribution in [0.1, 0.15) is 96.4 Å². The number of alkyl carbamates (subject to hydrolysis) is 1. The van der Waals surface area contributed by atoms with Gasteiger partial charge in [0.1, 0.15) is 0 Å². The zero-order valence-corrected chi connectivity index (χ0v) is 31.3. The number of hydrogen-bond donors (Lipinski definition) is 2. The van der Waals surface area contributed by atoms with Crippen molar-refractivity contribution in [1.82, 2.24) is 10.6 Å². The molecule has 2 N–H and O–H groups in total. The first-order valence-corrected chi connectivity index (χ1v) is 18.1. The Morgan fingerprint density at radius 3 is 1.66 bits per heavy atom. The highest BCUT2D eigenvalue weighted by atomic mass is 16.7. The van der Waals surface area contributed by atoms with Crippen LogP contribution in [0.25, 0.3) is 0 Å². The van der Waals surface area contributed by atoms with E-state index in [1.165, 1.54) is 6.92 Å². The third-order valence-electron chi connectivity index (χ3n) is 11.3. The van der Waals surface area contributed by atoms with Crippen molar-refractivity contribution in [2.75, 3.05) is 19.9 Å². The number of ether oxygens (including phenoxy) is 7. The molecule has 47 heavy (non-hydrogen) atoms. The van der Waals surface area contributed by atoms with Crippen LogP contribution in [-0.4, -0.2) is 81.3 Å². The van der Waals surface area contributed by atoms with E-state index >= 15 is 0 Å². The molecule has 2 amide bonds. The van der Waals surface area contributed by atoms with E-state index in [9.17, 15) is 9.59 Å². The van der Waals surface area contributed by atoms with Crippen molar-refractivity contribution in [3.63, 3.8) is 0 Å².